The van der Waals surface area contributed by atoms with Crippen LogP contribution >= 0.6 is 11.3 Å². The second-order valence-corrected chi connectivity index (χ2v) is 7.12. The maximum absolute atomic E-state index is 12.3. The Morgan fingerprint density at radius 3 is 2.76 bits per heavy atom. The molecule has 0 saturated carbocycles. The molecule has 0 radical (unpaired) electrons. The van der Waals surface area contributed by atoms with Crippen molar-refractivity contribution in [1.29, 1.82) is 0 Å². The van der Waals surface area contributed by atoms with E-state index in [1.54, 1.807) is 0 Å². The van der Waals surface area contributed by atoms with Gasteiger partial charge in [-0.05, 0) is 66.1 Å². The Morgan fingerprint density at radius 2 is 1.88 bits per heavy atom. The first kappa shape index (κ1) is 15.9. The van der Waals surface area contributed by atoms with Gasteiger partial charge in [0.05, 0.1) is 4.88 Å². The molecular formula is C21H19NO2S. The molecule has 0 saturated heterocycles. The zero-order chi connectivity index (χ0) is 17.1. The molecule has 126 valence electrons. The van der Waals surface area contributed by atoms with E-state index in [0.29, 0.717) is 11.5 Å². The molecule has 2 aromatic carbocycles. The number of benzene rings is 2. The van der Waals surface area contributed by atoms with Crippen molar-refractivity contribution in [1.82, 2.24) is 0 Å². The topological polar surface area (TPSA) is 38.3 Å². The first-order valence-electron chi connectivity index (χ1n) is 8.46. The van der Waals surface area contributed by atoms with E-state index in [1.807, 2.05) is 47.8 Å². The van der Waals surface area contributed by atoms with E-state index in [-0.39, 0.29) is 5.91 Å². The molecular weight excluding hydrogens is 330 g/mol. The summed E-state index contributed by atoms with van der Waals surface area (Å²) in [5, 5.41) is 4.88. The van der Waals surface area contributed by atoms with Crippen LogP contribution < -0.4 is 10.1 Å². The second-order valence-electron chi connectivity index (χ2n) is 6.21. The molecule has 4 heteroatoms. The molecule has 1 N–H and O–H groups in total. The van der Waals surface area contributed by atoms with Crippen LogP contribution in [-0.2, 0) is 19.4 Å². The maximum Gasteiger partial charge on any atom is 0.265 e. The van der Waals surface area contributed by atoms with Crippen molar-refractivity contribution in [2.24, 2.45) is 0 Å². The molecule has 0 fully saturated rings. The lowest BCUT2D eigenvalue weighted by Crippen LogP contribution is -2.09. The minimum atomic E-state index is -0.0834. The predicted octanol–water partition coefficient (Wildman–Crippen LogP) is 5.07. The standard InChI is InChI=1S/C21H19NO2S/c23-21(22-18-7-2-1-3-8-18)20-11-15(14-25-20)13-24-19-10-9-16-5-4-6-17(16)12-19/h1-3,7-12,14H,4-6,13H2,(H,22,23). The summed E-state index contributed by atoms with van der Waals surface area (Å²) in [5.41, 5.74) is 4.68. The highest BCUT2D eigenvalue weighted by atomic mass is 32.1. The zero-order valence-corrected chi connectivity index (χ0v) is 14.6. The average molecular weight is 349 g/mol. The van der Waals surface area contributed by atoms with E-state index in [0.717, 1.165) is 23.4 Å². The molecule has 1 amide bonds. The SMILES string of the molecule is O=C(Nc1ccccc1)c1cc(COc2ccc3c(c2)CCC3)cs1. The van der Waals surface area contributed by atoms with Gasteiger partial charge in [-0.1, -0.05) is 24.3 Å². The number of rotatable bonds is 5. The zero-order valence-electron chi connectivity index (χ0n) is 13.8. The Labute approximate surface area is 151 Å². The van der Waals surface area contributed by atoms with Gasteiger partial charge in [-0.25, -0.2) is 0 Å². The highest BCUT2D eigenvalue weighted by Gasteiger charge is 2.12. The van der Waals surface area contributed by atoms with Crippen molar-refractivity contribution in [3.8, 4) is 5.75 Å². The highest BCUT2D eigenvalue weighted by Crippen LogP contribution is 2.27. The quantitative estimate of drug-likeness (QED) is 0.698. The summed E-state index contributed by atoms with van der Waals surface area (Å²) in [7, 11) is 0. The number of hydrogen-bond acceptors (Lipinski definition) is 3. The maximum atomic E-state index is 12.3. The van der Waals surface area contributed by atoms with Gasteiger partial charge in [0.15, 0.2) is 0 Å². The van der Waals surface area contributed by atoms with E-state index in [2.05, 4.69) is 17.4 Å². The number of carbonyl (C=O) groups is 1. The van der Waals surface area contributed by atoms with Crippen molar-refractivity contribution < 1.29 is 9.53 Å². The lowest BCUT2D eigenvalue weighted by atomic mass is 10.1. The summed E-state index contributed by atoms with van der Waals surface area (Å²) >= 11 is 1.44. The largest absolute Gasteiger partial charge is 0.489 e. The third kappa shape index (κ3) is 3.74. The lowest BCUT2D eigenvalue weighted by molar-refractivity contribution is 0.103. The second kappa shape index (κ2) is 7.11. The molecule has 1 aliphatic carbocycles. The molecule has 4 rings (SSSR count). The van der Waals surface area contributed by atoms with Gasteiger partial charge in [0.1, 0.15) is 12.4 Å². The number of amides is 1. The first-order valence-corrected chi connectivity index (χ1v) is 9.34. The molecule has 1 aromatic heterocycles. The van der Waals surface area contributed by atoms with Gasteiger partial charge in [-0.3, -0.25) is 4.79 Å². The van der Waals surface area contributed by atoms with Crippen LogP contribution in [0.5, 0.6) is 5.75 Å². The summed E-state index contributed by atoms with van der Waals surface area (Å²) < 4.78 is 5.90. The van der Waals surface area contributed by atoms with Crippen LogP contribution in [0.2, 0.25) is 0 Å². The smallest absolute Gasteiger partial charge is 0.265 e. The minimum Gasteiger partial charge on any atom is -0.489 e. The Morgan fingerprint density at radius 1 is 1.04 bits per heavy atom. The molecule has 3 aromatic rings. The Hall–Kier alpha value is -2.59. The third-order valence-electron chi connectivity index (χ3n) is 4.38. The number of carbonyl (C=O) groups excluding carboxylic acids is 1. The van der Waals surface area contributed by atoms with Gasteiger partial charge in [-0.2, -0.15) is 0 Å². The van der Waals surface area contributed by atoms with E-state index in [4.69, 9.17) is 4.74 Å². The monoisotopic (exact) mass is 349 g/mol. The number of hydrogen-bond donors (Lipinski definition) is 1. The average Bonchev–Trinajstić information content (AvgIpc) is 3.29. The lowest BCUT2D eigenvalue weighted by Gasteiger charge is -2.07. The van der Waals surface area contributed by atoms with E-state index < -0.39 is 0 Å². The van der Waals surface area contributed by atoms with Crippen molar-refractivity contribution in [3.05, 3.63) is 81.5 Å². The van der Waals surface area contributed by atoms with Crippen LogP contribution in [0.15, 0.2) is 60.0 Å². The summed E-state index contributed by atoms with van der Waals surface area (Å²) in [5.74, 6) is 0.821. The predicted molar refractivity (Wildman–Crippen MR) is 102 cm³/mol. The first-order chi connectivity index (χ1) is 12.3. The van der Waals surface area contributed by atoms with Crippen LogP contribution in [0.3, 0.4) is 0 Å². The number of thiophene rings is 1. The fraction of sp³-hybridized carbons (Fsp3) is 0.190. The fourth-order valence-corrected chi connectivity index (χ4v) is 3.88. The number of aryl methyl sites for hydroxylation is 2. The van der Waals surface area contributed by atoms with Gasteiger partial charge in [0.25, 0.3) is 5.91 Å². The number of anilines is 1. The van der Waals surface area contributed by atoms with Crippen molar-refractivity contribution in [2.75, 3.05) is 5.32 Å². The van der Waals surface area contributed by atoms with Crippen LogP contribution in [0.4, 0.5) is 5.69 Å². The Balaban J connectivity index is 1.37. The normalized spacial score (nSPS) is 12.6. The van der Waals surface area contributed by atoms with E-state index in [1.165, 1.54) is 35.3 Å². The van der Waals surface area contributed by atoms with Crippen LogP contribution in [0.1, 0.15) is 32.8 Å². The highest BCUT2D eigenvalue weighted by molar-refractivity contribution is 7.12. The van der Waals surface area contributed by atoms with Gasteiger partial charge in [0.2, 0.25) is 0 Å². The number of nitrogens with one attached hydrogen (secondary N) is 1. The summed E-state index contributed by atoms with van der Waals surface area (Å²) in [6.45, 7) is 0.480. The van der Waals surface area contributed by atoms with Crippen molar-refractivity contribution in [3.63, 3.8) is 0 Å². The Bertz CT molecular complexity index is 886. The van der Waals surface area contributed by atoms with Crippen LogP contribution in [0, 0.1) is 0 Å². The Kier molecular flexibility index (Phi) is 4.53. The molecule has 0 spiro atoms. The fourth-order valence-electron chi connectivity index (χ4n) is 3.09. The van der Waals surface area contributed by atoms with Gasteiger partial charge >= 0.3 is 0 Å². The molecule has 1 aliphatic rings. The van der Waals surface area contributed by atoms with Gasteiger partial charge in [0, 0.05) is 11.3 Å². The van der Waals surface area contributed by atoms with Crippen molar-refractivity contribution in [2.45, 2.75) is 25.9 Å². The van der Waals surface area contributed by atoms with E-state index >= 15 is 0 Å². The number of para-hydroxylation sites is 1. The molecule has 0 unspecified atom stereocenters. The number of ether oxygens (including phenoxy) is 1. The van der Waals surface area contributed by atoms with Crippen LogP contribution in [-0.4, -0.2) is 5.91 Å². The molecule has 25 heavy (non-hydrogen) atoms. The minimum absolute atomic E-state index is 0.0834. The molecule has 0 atom stereocenters. The molecule has 0 aliphatic heterocycles. The summed E-state index contributed by atoms with van der Waals surface area (Å²) in [4.78, 5) is 13.0. The van der Waals surface area contributed by atoms with Crippen molar-refractivity contribution >= 4 is 22.9 Å². The summed E-state index contributed by atoms with van der Waals surface area (Å²) in [6.07, 6.45) is 3.57. The van der Waals surface area contributed by atoms with E-state index in [9.17, 15) is 4.79 Å². The van der Waals surface area contributed by atoms with Gasteiger partial charge < -0.3 is 10.1 Å². The molecule has 3 nitrogen and oxygen atoms in total. The number of fused-ring (bicyclic) bond motifs is 1. The molecule has 0 bridgehead atoms. The van der Waals surface area contributed by atoms with Crippen LogP contribution in [0.25, 0.3) is 0 Å². The summed E-state index contributed by atoms with van der Waals surface area (Å²) in [6, 6.07) is 17.7. The molecule has 1 heterocycles. The third-order valence-corrected chi connectivity index (χ3v) is 5.36. The van der Waals surface area contributed by atoms with Gasteiger partial charge in [-0.15, -0.1) is 11.3 Å².